The van der Waals surface area contributed by atoms with Crippen LogP contribution < -0.4 is 0 Å². The van der Waals surface area contributed by atoms with Gasteiger partial charge < -0.3 is 34.3 Å². The van der Waals surface area contributed by atoms with Crippen molar-refractivity contribution in [2.24, 2.45) is 34.5 Å². The SMILES string of the molecule is COC(=O)C1C(=O)OC2CC3C(C)=C(O)C(=O)CC3(C)C3C(O)C(O)C4(C(=O)OC)OCC23C14. The summed E-state index contributed by atoms with van der Waals surface area (Å²) in [5.41, 5.74) is -4.10. The van der Waals surface area contributed by atoms with Crippen molar-refractivity contribution in [3.05, 3.63) is 11.3 Å². The van der Waals surface area contributed by atoms with Gasteiger partial charge in [0.05, 0.1) is 26.9 Å². The summed E-state index contributed by atoms with van der Waals surface area (Å²) in [7, 11) is 2.17. The zero-order chi connectivity index (χ0) is 25.0. The number of aliphatic hydroxyl groups is 3. The van der Waals surface area contributed by atoms with E-state index in [2.05, 4.69) is 0 Å². The van der Waals surface area contributed by atoms with Gasteiger partial charge in [-0.25, -0.2) is 4.79 Å². The van der Waals surface area contributed by atoms with Gasteiger partial charge in [-0.05, 0) is 30.3 Å². The predicted octanol–water partition coefficient (Wildman–Crippen LogP) is -0.572. The highest BCUT2D eigenvalue weighted by Crippen LogP contribution is 2.73. The molecule has 10 atom stereocenters. The van der Waals surface area contributed by atoms with Gasteiger partial charge in [0.1, 0.15) is 12.2 Å². The number of esters is 3. The first kappa shape index (κ1) is 23.3. The van der Waals surface area contributed by atoms with Crippen LogP contribution in [0.5, 0.6) is 0 Å². The molecule has 11 heteroatoms. The Hall–Kier alpha value is -2.50. The molecule has 10 unspecified atom stereocenters. The van der Waals surface area contributed by atoms with E-state index < -0.39 is 82.1 Å². The molecule has 3 N–H and O–H groups in total. The molecule has 0 aromatic rings. The van der Waals surface area contributed by atoms with Crippen LogP contribution in [0.15, 0.2) is 11.3 Å². The lowest BCUT2D eigenvalue weighted by Gasteiger charge is -2.67. The van der Waals surface area contributed by atoms with E-state index in [0.717, 1.165) is 14.2 Å². The number of aliphatic hydroxyl groups excluding tert-OH is 3. The largest absolute Gasteiger partial charge is 0.504 e. The van der Waals surface area contributed by atoms with Crippen LogP contribution in [0.2, 0.25) is 0 Å². The van der Waals surface area contributed by atoms with Crippen LogP contribution in [-0.4, -0.2) is 83.8 Å². The third kappa shape index (κ3) is 2.33. The van der Waals surface area contributed by atoms with E-state index in [1.165, 1.54) is 0 Å². The number of hydrogen-bond acceptors (Lipinski definition) is 11. The molecule has 1 spiro atoms. The molecular formula is C23H28O11. The molecule has 0 radical (unpaired) electrons. The van der Waals surface area contributed by atoms with Crippen LogP contribution >= 0.6 is 0 Å². The summed E-state index contributed by atoms with van der Waals surface area (Å²) in [6.45, 7) is 3.17. The molecule has 11 nitrogen and oxygen atoms in total. The zero-order valence-electron chi connectivity index (χ0n) is 19.3. The number of rotatable bonds is 2. The topological polar surface area (TPSA) is 166 Å². The molecule has 2 bridgehead atoms. The first-order chi connectivity index (χ1) is 15.9. The Morgan fingerprint density at radius 1 is 1.12 bits per heavy atom. The van der Waals surface area contributed by atoms with Gasteiger partial charge in [-0.1, -0.05) is 6.92 Å². The minimum absolute atomic E-state index is 0.140. The number of carbonyl (C=O) groups is 4. The Bertz CT molecular complexity index is 1030. The number of hydrogen-bond donors (Lipinski definition) is 3. The maximum atomic E-state index is 13.2. The molecule has 2 heterocycles. The minimum atomic E-state index is -2.21. The van der Waals surface area contributed by atoms with Crippen molar-refractivity contribution in [3.63, 3.8) is 0 Å². The summed E-state index contributed by atoms with van der Waals surface area (Å²) in [6, 6.07) is 0. The Labute approximate surface area is 195 Å². The van der Waals surface area contributed by atoms with Gasteiger partial charge in [0, 0.05) is 23.7 Å². The van der Waals surface area contributed by atoms with Crippen molar-refractivity contribution in [2.45, 2.75) is 50.6 Å². The van der Waals surface area contributed by atoms with E-state index in [1.54, 1.807) is 13.8 Å². The summed E-state index contributed by atoms with van der Waals surface area (Å²) in [4.78, 5) is 51.9. The van der Waals surface area contributed by atoms with Crippen molar-refractivity contribution in [1.29, 1.82) is 0 Å². The lowest BCUT2D eigenvalue weighted by atomic mass is 9.37. The summed E-state index contributed by atoms with van der Waals surface area (Å²) in [5, 5.41) is 33.3. The highest BCUT2D eigenvalue weighted by atomic mass is 16.6. The fourth-order valence-electron chi connectivity index (χ4n) is 8.16. The van der Waals surface area contributed by atoms with Crippen LogP contribution in [-0.2, 0) is 38.1 Å². The molecule has 0 aromatic heterocycles. The number of fused-ring (bicyclic) bond motifs is 2. The van der Waals surface area contributed by atoms with Gasteiger partial charge in [0.25, 0.3) is 0 Å². The highest BCUT2D eigenvalue weighted by Gasteiger charge is 2.85. The Morgan fingerprint density at radius 3 is 2.41 bits per heavy atom. The third-order valence-electron chi connectivity index (χ3n) is 9.35. The van der Waals surface area contributed by atoms with Crippen LogP contribution in [0, 0.1) is 34.5 Å². The maximum Gasteiger partial charge on any atom is 0.341 e. The molecule has 186 valence electrons. The van der Waals surface area contributed by atoms with Gasteiger partial charge >= 0.3 is 17.9 Å². The molecule has 2 aliphatic heterocycles. The van der Waals surface area contributed by atoms with E-state index >= 15 is 0 Å². The maximum absolute atomic E-state index is 13.2. The number of allylic oxidation sites excluding steroid dienone is 2. The second-order valence-corrected chi connectivity index (χ2v) is 10.4. The molecule has 0 aromatic carbocycles. The van der Waals surface area contributed by atoms with Crippen LogP contribution in [0.4, 0.5) is 0 Å². The van der Waals surface area contributed by atoms with Crippen LogP contribution in [0.3, 0.4) is 0 Å². The molecular weight excluding hydrogens is 452 g/mol. The average molecular weight is 480 g/mol. The lowest BCUT2D eigenvalue weighted by Crippen LogP contribution is -2.78. The van der Waals surface area contributed by atoms with Crippen molar-refractivity contribution < 1.29 is 53.4 Å². The molecule has 4 fully saturated rings. The molecule has 5 aliphatic rings. The predicted molar refractivity (Wildman–Crippen MR) is 109 cm³/mol. The highest BCUT2D eigenvalue weighted by molar-refractivity contribution is 5.99. The fraction of sp³-hybridized carbons (Fsp3) is 0.739. The average Bonchev–Trinajstić information content (AvgIpc) is 3.10. The van der Waals surface area contributed by atoms with E-state index in [9.17, 15) is 34.5 Å². The van der Waals surface area contributed by atoms with E-state index in [4.69, 9.17) is 18.9 Å². The molecule has 2 saturated heterocycles. The van der Waals surface area contributed by atoms with E-state index in [-0.39, 0.29) is 25.2 Å². The van der Waals surface area contributed by atoms with Crippen molar-refractivity contribution in [3.8, 4) is 0 Å². The van der Waals surface area contributed by atoms with Gasteiger partial charge in [-0.15, -0.1) is 0 Å². The fourth-order valence-corrected chi connectivity index (χ4v) is 8.16. The van der Waals surface area contributed by atoms with Crippen LogP contribution in [0.25, 0.3) is 0 Å². The summed E-state index contributed by atoms with van der Waals surface area (Å²) in [5.74, 6) is -8.05. The minimum Gasteiger partial charge on any atom is -0.504 e. The lowest BCUT2D eigenvalue weighted by molar-refractivity contribution is -0.282. The summed E-state index contributed by atoms with van der Waals surface area (Å²) >= 11 is 0. The monoisotopic (exact) mass is 480 g/mol. The first-order valence-electron chi connectivity index (χ1n) is 11.2. The first-order valence-corrected chi connectivity index (χ1v) is 11.2. The number of methoxy groups -OCH3 is 2. The molecule has 5 rings (SSSR count). The van der Waals surface area contributed by atoms with Gasteiger partial charge in [0.15, 0.2) is 23.1 Å². The van der Waals surface area contributed by atoms with Gasteiger partial charge in [-0.3, -0.25) is 14.4 Å². The smallest absolute Gasteiger partial charge is 0.341 e. The quantitative estimate of drug-likeness (QED) is 0.263. The Morgan fingerprint density at radius 2 is 1.79 bits per heavy atom. The third-order valence-corrected chi connectivity index (χ3v) is 9.35. The van der Waals surface area contributed by atoms with E-state index in [1.807, 2.05) is 0 Å². The van der Waals surface area contributed by atoms with Gasteiger partial charge in [-0.2, -0.15) is 0 Å². The van der Waals surface area contributed by atoms with Crippen LogP contribution in [0.1, 0.15) is 26.7 Å². The number of Topliss-reactive ketones (excluding diaryl/α,β-unsaturated/α-hetero) is 1. The second kappa shape index (κ2) is 7.02. The van der Waals surface area contributed by atoms with Crippen molar-refractivity contribution in [2.75, 3.05) is 20.8 Å². The zero-order valence-corrected chi connectivity index (χ0v) is 19.3. The Kier molecular flexibility index (Phi) is 4.80. The summed E-state index contributed by atoms with van der Waals surface area (Å²) < 4.78 is 21.6. The molecule has 2 saturated carbocycles. The van der Waals surface area contributed by atoms with Gasteiger partial charge in [0.2, 0.25) is 0 Å². The number of ether oxygens (including phenoxy) is 4. The van der Waals surface area contributed by atoms with Crippen molar-refractivity contribution in [1.82, 2.24) is 0 Å². The number of carbonyl (C=O) groups excluding carboxylic acids is 4. The molecule has 34 heavy (non-hydrogen) atoms. The Balaban J connectivity index is 1.80. The summed E-state index contributed by atoms with van der Waals surface area (Å²) in [6.07, 6.45) is -4.33. The second-order valence-electron chi connectivity index (χ2n) is 10.4. The standard InChI is InChI=1S/C23H28O11/c1-8-9-5-11-22-7-33-23(20(30)32-4,15(22)12(18(28)31-3)19(29)34-11)17(27)14(26)16(22)21(9,2)6-10(24)13(8)25/h9,11-12,14-17,25-27H,5-7H2,1-4H3. The molecule has 3 aliphatic carbocycles. The normalized spacial score (nSPS) is 49.1. The van der Waals surface area contributed by atoms with Crippen molar-refractivity contribution >= 4 is 23.7 Å². The van der Waals surface area contributed by atoms with E-state index in [0.29, 0.717) is 5.57 Å². The number of ketones is 1. The molecule has 0 amide bonds.